The van der Waals surface area contributed by atoms with Gasteiger partial charge in [0.05, 0.1) is 0 Å². The molecule has 1 aromatic heterocycles. The van der Waals surface area contributed by atoms with Gasteiger partial charge in [0.25, 0.3) is 0 Å². The summed E-state index contributed by atoms with van der Waals surface area (Å²) >= 11 is 3.52. The van der Waals surface area contributed by atoms with Crippen LogP contribution in [-0.2, 0) is 6.42 Å². The molecule has 2 N–H and O–H groups in total. The standard InChI is InChI=1S/C19H18BrNO/c1-11-9-14(22)10-17-18(11)19-15(3-2-4-16(19)21-17)12-5-7-13(20)8-6-12/h5-10,15,21-22H,2-4H2,1H3. The van der Waals surface area contributed by atoms with Gasteiger partial charge in [-0.3, -0.25) is 0 Å². The molecule has 22 heavy (non-hydrogen) atoms. The Morgan fingerprint density at radius 1 is 1.18 bits per heavy atom. The molecule has 0 saturated carbocycles. The van der Waals surface area contributed by atoms with Crippen LogP contribution in [0.1, 0.15) is 41.1 Å². The number of fused-ring (bicyclic) bond motifs is 3. The number of halogens is 1. The minimum Gasteiger partial charge on any atom is -0.508 e. The molecule has 0 saturated heterocycles. The number of nitrogens with one attached hydrogen (secondary N) is 1. The van der Waals surface area contributed by atoms with E-state index in [0.29, 0.717) is 11.7 Å². The molecule has 1 aliphatic rings. The summed E-state index contributed by atoms with van der Waals surface area (Å²) in [6, 6.07) is 12.4. The number of aromatic nitrogens is 1. The van der Waals surface area contributed by atoms with Crippen molar-refractivity contribution < 1.29 is 5.11 Å². The molecule has 0 radical (unpaired) electrons. The Bertz CT molecular complexity index is 848. The molecule has 0 aliphatic heterocycles. The predicted molar refractivity (Wildman–Crippen MR) is 93.6 cm³/mol. The minimum absolute atomic E-state index is 0.337. The zero-order valence-electron chi connectivity index (χ0n) is 12.5. The number of hydrogen-bond acceptors (Lipinski definition) is 1. The number of benzene rings is 2. The largest absolute Gasteiger partial charge is 0.508 e. The predicted octanol–water partition coefficient (Wildman–Crippen LogP) is 5.41. The third-order valence-electron chi connectivity index (χ3n) is 4.74. The van der Waals surface area contributed by atoms with E-state index in [1.165, 1.54) is 35.0 Å². The fourth-order valence-corrected chi connectivity index (χ4v) is 4.11. The fourth-order valence-electron chi connectivity index (χ4n) is 3.84. The van der Waals surface area contributed by atoms with E-state index in [1.807, 2.05) is 12.1 Å². The number of aromatic amines is 1. The molecule has 0 amide bonds. The Hall–Kier alpha value is -1.74. The van der Waals surface area contributed by atoms with Gasteiger partial charge in [-0.2, -0.15) is 0 Å². The molecule has 2 nitrogen and oxygen atoms in total. The summed E-state index contributed by atoms with van der Waals surface area (Å²) in [6.45, 7) is 2.09. The van der Waals surface area contributed by atoms with Gasteiger partial charge in [-0.15, -0.1) is 0 Å². The van der Waals surface area contributed by atoms with Gasteiger partial charge >= 0.3 is 0 Å². The summed E-state index contributed by atoms with van der Waals surface area (Å²) in [4.78, 5) is 3.54. The van der Waals surface area contributed by atoms with Gasteiger partial charge < -0.3 is 10.1 Å². The van der Waals surface area contributed by atoms with Crippen LogP contribution in [0.4, 0.5) is 0 Å². The van der Waals surface area contributed by atoms with E-state index in [1.54, 1.807) is 0 Å². The molecule has 1 aliphatic carbocycles. The van der Waals surface area contributed by atoms with Crippen molar-refractivity contribution in [1.82, 2.24) is 4.98 Å². The van der Waals surface area contributed by atoms with Crippen molar-refractivity contribution in [3.8, 4) is 5.75 Å². The van der Waals surface area contributed by atoms with Crippen molar-refractivity contribution in [2.24, 2.45) is 0 Å². The van der Waals surface area contributed by atoms with Crippen LogP contribution in [0.25, 0.3) is 10.9 Å². The maximum Gasteiger partial charge on any atom is 0.117 e. The van der Waals surface area contributed by atoms with Crippen molar-refractivity contribution in [3.05, 3.63) is 63.3 Å². The van der Waals surface area contributed by atoms with Gasteiger partial charge in [-0.1, -0.05) is 28.1 Å². The molecule has 0 bridgehead atoms. The lowest BCUT2D eigenvalue weighted by Gasteiger charge is -2.24. The third-order valence-corrected chi connectivity index (χ3v) is 5.27. The van der Waals surface area contributed by atoms with E-state index in [2.05, 4.69) is 52.1 Å². The number of H-pyrrole nitrogens is 1. The summed E-state index contributed by atoms with van der Waals surface area (Å²) in [5, 5.41) is 11.2. The monoisotopic (exact) mass is 355 g/mol. The van der Waals surface area contributed by atoms with Crippen LogP contribution in [0.2, 0.25) is 0 Å². The lowest BCUT2D eigenvalue weighted by molar-refractivity contribution is 0.475. The SMILES string of the molecule is Cc1cc(O)cc2[nH]c3c(c12)C(c1ccc(Br)cc1)CCC3. The Morgan fingerprint density at radius 3 is 2.73 bits per heavy atom. The van der Waals surface area contributed by atoms with Crippen LogP contribution in [0.5, 0.6) is 5.75 Å². The van der Waals surface area contributed by atoms with Crippen LogP contribution < -0.4 is 0 Å². The topological polar surface area (TPSA) is 36.0 Å². The Labute approximate surface area is 138 Å². The Kier molecular flexibility index (Phi) is 3.26. The van der Waals surface area contributed by atoms with E-state index in [9.17, 15) is 5.11 Å². The Morgan fingerprint density at radius 2 is 1.95 bits per heavy atom. The zero-order chi connectivity index (χ0) is 15.3. The summed E-state index contributed by atoms with van der Waals surface area (Å²) in [6.07, 6.45) is 3.48. The van der Waals surface area contributed by atoms with Crippen molar-refractivity contribution in [2.45, 2.75) is 32.1 Å². The molecule has 0 spiro atoms. The van der Waals surface area contributed by atoms with Crippen LogP contribution in [-0.4, -0.2) is 10.1 Å². The quantitative estimate of drug-likeness (QED) is 0.601. The highest BCUT2D eigenvalue weighted by Gasteiger charge is 2.26. The van der Waals surface area contributed by atoms with E-state index in [-0.39, 0.29) is 0 Å². The maximum atomic E-state index is 9.86. The molecule has 4 rings (SSSR count). The van der Waals surface area contributed by atoms with Gasteiger partial charge in [0, 0.05) is 33.1 Å². The van der Waals surface area contributed by atoms with Gasteiger partial charge in [-0.05, 0) is 61.1 Å². The zero-order valence-corrected chi connectivity index (χ0v) is 14.1. The van der Waals surface area contributed by atoms with Crippen molar-refractivity contribution in [1.29, 1.82) is 0 Å². The fraction of sp³-hybridized carbons (Fsp3) is 0.263. The lowest BCUT2D eigenvalue weighted by Crippen LogP contribution is -2.10. The smallest absolute Gasteiger partial charge is 0.117 e. The molecule has 112 valence electrons. The summed E-state index contributed by atoms with van der Waals surface area (Å²) in [5.41, 5.74) is 6.35. The lowest BCUT2D eigenvalue weighted by atomic mass is 9.80. The molecule has 1 unspecified atom stereocenters. The van der Waals surface area contributed by atoms with E-state index < -0.39 is 0 Å². The van der Waals surface area contributed by atoms with Gasteiger partial charge in [0.15, 0.2) is 0 Å². The Balaban J connectivity index is 1.95. The van der Waals surface area contributed by atoms with Crippen LogP contribution >= 0.6 is 15.9 Å². The molecule has 2 aromatic carbocycles. The summed E-state index contributed by atoms with van der Waals surface area (Å²) in [5.74, 6) is 0.776. The first-order valence-electron chi connectivity index (χ1n) is 7.73. The summed E-state index contributed by atoms with van der Waals surface area (Å²) in [7, 11) is 0. The van der Waals surface area contributed by atoms with Crippen LogP contribution in [0.3, 0.4) is 0 Å². The highest BCUT2D eigenvalue weighted by molar-refractivity contribution is 9.10. The van der Waals surface area contributed by atoms with E-state index >= 15 is 0 Å². The molecule has 1 heterocycles. The van der Waals surface area contributed by atoms with E-state index in [4.69, 9.17) is 0 Å². The molecular formula is C19H18BrNO. The van der Waals surface area contributed by atoms with Crippen molar-refractivity contribution in [2.75, 3.05) is 0 Å². The molecule has 3 aromatic rings. The number of rotatable bonds is 1. The number of phenols is 1. The van der Waals surface area contributed by atoms with Crippen molar-refractivity contribution in [3.63, 3.8) is 0 Å². The number of phenolic OH excluding ortho intramolecular Hbond substituents is 1. The maximum absolute atomic E-state index is 9.86. The second kappa shape index (κ2) is 5.17. The molecule has 3 heteroatoms. The van der Waals surface area contributed by atoms with Gasteiger partial charge in [0.1, 0.15) is 5.75 Å². The van der Waals surface area contributed by atoms with Crippen LogP contribution in [0.15, 0.2) is 40.9 Å². The first kappa shape index (κ1) is 13.9. The van der Waals surface area contributed by atoms with E-state index in [0.717, 1.165) is 22.0 Å². The second-order valence-corrected chi connectivity index (χ2v) is 7.11. The average molecular weight is 356 g/mol. The van der Waals surface area contributed by atoms with Crippen LogP contribution in [0, 0.1) is 6.92 Å². The average Bonchev–Trinajstić information content (AvgIpc) is 2.86. The highest BCUT2D eigenvalue weighted by atomic mass is 79.9. The second-order valence-electron chi connectivity index (χ2n) is 6.20. The van der Waals surface area contributed by atoms with Gasteiger partial charge in [-0.25, -0.2) is 0 Å². The number of aromatic hydroxyl groups is 1. The first-order valence-corrected chi connectivity index (χ1v) is 8.52. The van der Waals surface area contributed by atoms with Gasteiger partial charge in [0.2, 0.25) is 0 Å². The number of hydrogen-bond donors (Lipinski definition) is 2. The molecular weight excluding hydrogens is 338 g/mol. The minimum atomic E-state index is 0.337. The molecule has 0 fully saturated rings. The molecule has 1 atom stereocenters. The summed E-state index contributed by atoms with van der Waals surface area (Å²) < 4.78 is 1.12. The highest BCUT2D eigenvalue weighted by Crippen LogP contribution is 2.43. The number of aryl methyl sites for hydroxylation is 2. The van der Waals surface area contributed by atoms with Crippen molar-refractivity contribution >= 4 is 26.8 Å². The first-order chi connectivity index (χ1) is 10.6. The normalized spacial score (nSPS) is 17.6. The third kappa shape index (κ3) is 2.15.